The Kier molecular flexibility index (Phi) is 5.47. The van der Waals surface area contributed by atoms with E-state index in [1.54, 1.807) is 21.0 Å². The SMILES string of the molecule is CCOC(=O)c1sc(NC(=O)C2CCc3cccc(OC)c32)c(C#N)c1C. The maximum absolute atomic E-state index is 12.9. The van der Waals surface area contributed by atoms with Crippen molar-refractivity contribution in [3.05, 3.63) is 45.3 Å². The lowest BCUT2D eigenvalue weighted by atomic mass is 9.99. The molecule has 140 valence electrons. The van der Waals surface area contributed by atoms with Gasteiger partial charge in [0.05, 0.1) is 25.2 Å². The van der Waals surface area contributed by atoms with Crippen LogP contribution in [0.25, 0.3) is 0 Å². The predicted octanol–water partition coefficient (Wildman–Crippen LogP) is 3.78. The molecule has 1 atom stereocenters. The number of ether oxygens (including phenoxy) is 2. The summed E-state index contributed by atoms with van der Waals surface area (Å²) in [5.41, 5.74) is 2.83. The summed E-state index contributed by atoms with van der Waals surface area (Å²) in [7, 11) is 1.59. The van der Waals surface area contributed by atoms with E-state index in [1.165, 1.54) is 0 Å². The molecular formula is C20H20N2O4S. The fourth-order valence-corrected chi connectivity index (χ4v) is 4.47. The van der Waals surface area contributed by atoms with Gasteiger partial charge >= 0.3 is 5.97 Å². The summed E-state index contributed by atoms with van der Waals surface area (Å²) < 4.78 is 10.5. The number of fused-ring (bicyclic) bond motifs is 1. The highest BCUT2D eigenvalue weighted by atomic mass is 32.1. The number of anilines is 1. The molecule has 1 N–H and O–H groups in total. The van der Waals surface area contributed by atoms with Crippen LogP contribution in [0, 0.1) is 18.3 Å². The number of nitrogens with one attached hydrogen (secondary N) is 1. The van der Waals surface area contributed by atoms with Crippen LogP contribution >= 0.6 is 11.3 Å². The fourth-order valence-electron chi connectivity index (χ4n) is 3.41. The number of aryl methyl sites for hydroxylation is 1. The minimum absolute atomic E-state index is 0.202. The molecule has 1 amide bonds. The first-order valence-corrected chi connectivity index (χ1v) is 9.50. The zero-order valence-electron chi connectivity index (χ0n) is 15.4. The van der Waals surface area contributed by atoms with Gasteiger partial charge in [0.2, 0.25) is 5.91 Å². The molecule has 1 aromatic carbocycles. The average Bonchev–Trinajstić information content (AvgIpc) is 3.23. The quantitative estimate of drug-likeness (QED) is 0.793. The normalized spacial score (nSPS) is 15.0. The Balaban J connectivity index is 1.90. The van der Waals surface area contributed by atoms with Crippen LogP contribution < -0.4 is 10.1 Å². The Labute approximate surface area is 161 Å². The molecule has 0 radical (unpaired) electrons. The van der Waals surface area contributed by atoms with Crippen LogP contribution in [-0.4, -0.2) is 25.6 Å². The maximum atomic E-state index is 12.9. The van der Waals surface area contributed by atoms with Crippen LogP contribution in [0.5, 0.6) is 5.75 Å². The van der Waals surface area contributed by atoms with Crippen molar-refractivity contribution in [2.24, 2.45) is 0 Å². The number of nitrogens with zero attached hydrogens (tertiary/aromatic N) is 1. The lowest BCUT2D eigenvalue weighted by Crippen LogP contribution is -2.19. The second-order valence-electron chi connectivity index (χ2n) is 6.21. The summed E-state index contributed by atoms with van der Waals surface area (Å²) in [6.45, 7) is 3.66. The van der Waals surface area contributed by atoms with Crippen LogP contribution in [0.4, 0.5) is 5.00 Å². The van der Waals surface area contributed by atoms with Crippen molar-refractivity contribution >= 4 is 28.2 Å². The number of hydrogen-bond donors (Lipinski definition) is 1. The zero-order valence-corrected chi connectivity index (χ0v) is 16.2. The standard InChI is InChI=1S/C20H20N2O4S/c1-4-26-20(24)17-11(2)14(10-21)19(27-17)22-18(23)13-9-8-12-6-5-7-15(25-3)16(12)13/h5-7,13H,4,8-9H2,1-3H3,(H,22,23). The molecule has 0 fully saturated rings. The predicted molar refractivity (Wildman–Crippen MR) is 102 cm³/mol. The number of thiophene rings is 1. The van der Waals surface area contributed by atoms with E-state index >= 15 is 0 Å². The van der Waals surface area contributed by atoms with Crippen LogP contribution in [0.15, 0.2) is 18.2 Å². The van der Waals surface area contributed by atoms with Gasteiger partial charge < -0.3 is 14.8 Å². The average molecular weight is 384 g/mol. The van der Waals surface area contributed by atoms with Crippen molar-refractivity contribution in [1.29, 1.82) is 5.26 Å². The van der Waals surface area contributed by atoms with Gasteiger partial charge in [-0.15, -0.1) is 11.3 Å². The van der Waals surface area contributed by atoms with E-state index in [1.807, 2.05) is 18.2 Å². The minimum Gasteiger partial charge on any atom is -0.496 e. The minimum atomic E-state index is -0.482. The molecule has 7 heteroatoms. The molecule has 2 aromatic rings. The number of methoxy groups -OCH3 is 1. The summed E-state index contributed by atoms with van der Waals surface area (Å²) in [6.07, 6.45) is 1.48. The second kappa shape index (κ2) is 7.80. The monoisotopic (exact) mass is 384 g/mol. The Bertz CT molecular complexity index is 942. The van der Waals surface area contributed by atoms with Crippen molar-refractivity contribution in [2.75, 3.05) is 19.0 Å². The van der Waals surface area contributed by atoms with Gasteiger partial charge in [-0.2, -0.15) is 5.26 Å². The number of esters is 1. The summed E-state index contributed by atoms with van der Waals surface area (Å²) >= 11 is 1.08. The van der Waals surface area contributed by atoms with Gasteiger partial charge in [0.25, 0.3) is 0 Å². The van der Waals surface area contributed by atoms with E-state index < -0.39 is 5.97 Å². The Hall–Kier alpha value is -2.85. The van der Waals surface area contributed by atoms with Crippen LogP contribution in [0.1, 0.15) is 51.2 Å². The van der Waals surface area contributed by atoms with Gasteiger partial charge in [0, 0.05) is 5.56 Å². The molecule has 6 nitrogen and oxygen atoms in total. The number of hydrogen-bond acceptors (Lipinski definition) is 6. The first-order chi connectivity index (χ1) is 13.0. The second-order valence-corrected chi connectivity index (χ2v) is 7.23. The molecular weight excluding hydrogens is 364 g/mol. The van der Waals surface area contributed by atoms with Gasteiger partial charge in [0.15, 0.2) is 0 Å². The third kappa shape index (κ3) is 3.40. The Morgan fingerprint density at radius 2 is 2.19 bits per heavy atom. The molecule has 27 heavy (non-hydrogen) atoms. The van der Waals surface area contributed by atoms with Crippen LogP contribution in [0.3, 0.4) is 0 Å². The van der Waals surface area contributed by atoms with Crippen molar-refractivity contribution in [3.8, 4) is 11.8 Å². The van der Waals surface area contributed by atoms with Crippen molar-refractivity contribution in [1.82, 2.24) is 0 Å². The first-order valence-electron chi connectivity index (χ1n) is 8.69. The van der Waals surface area contributed by atoms with E-state index in [2.05, 4.69) is 11.4 Å². The lowest BCUT2D eigenvalue weighted by molar-refractivity contribution is -0.117. The maximum Gasteiger partial charge on any atom is 0.348 e. The van der Waals surface area contributed by atoms with Crippen LogP contribution in [0.2, 0.25) is 0 Å². The van der Waals surface area contributed by atoms with Gasteiger partial charge in [0.1, 0.15) is 21.7 Å². The van der Waals surface area contributed by atoms with Crippen molar-refractivity contribution in [3.63, 3.8) is 0 Å². The number of benzene rings is 1. The molecule has 3 rings (SSSR count). The Morgan fingerprint density at radius 1 is 1.41 bits per heavy atom. The highest BCUT2D eigenvalue weighted by Gasteiger charge is 2.33. The molecule has 1 aromatic heterocycles. The van der Waals surface area contributed by atoms with Gasteiger partial charge in [-0.25, -0.2) is 4.79 Å². The summed E-state index contributed by atoms with van der Waals surface area (Å²) in [6, 6.07) is 7.85. The molecule has 0 bridgehead atoms. The van der Waals surface area contributed by atoms with E-state index in [0.717, 1.165) is 28.9 Å². The largest absolute Gasteiger partial charge is 0.496 e. The van der Waals surface area contributed by atoms with Crippen molar-refractivity contribution < 1.29 is 19.1 Å². The van der Waals surface area contributed by atoms with Crippen LogP contribution in [-0.2, 0) is 16.0 Å². The number of carbonyl (C=O) groups is 2. The number of nitriles is 1. The Morgan fingerprint density at radius 3 is 2.85 bits per heavy atom. The summed E-state index contributed by atoms with van der Waals surface area (Å²) in [5.74, 6) is -0.340. The highest BCUT2D eigenvalue weighted by molar-refractivity contribution is 7.18. The molecule has 1 heterocycles. The topological polar surface area (TPSA) is 88.4 Å². The molecule has 0 saturated carbocycles. The van der Waals surface area contributed by atoms with Gasteiger partial charge in [-0.05, 0) is 43.9 Å². The summed E-state index contributed by atoms with van der Waals surface area (Å²) in [4.78, 5) is 25.4. The van der Waals surface area contributed by atoms with E-state index in [9.17, 15) is 14.9 Å². The third-order valence-corrected chi connectivity index (χ3v) is 5.89. The van der Waals surface area contributed by atoms with E-state index in [0.29, 0.717) is 33.2 Å². The van der Waals surface area contributed by atoms with Crippen molar-refractivity contribution in [2.45, 2.75) is 32.6 Å². The molecule has 0 spiro atoms. The third-order valence-electron chi connectivity index (χ3n) is 4.70. The number of rotatable bonds is 5. The molecule has 0 saturated heterocycles. The zero-order chi connectivity index (χ0) is 19.6. The lowest BCUT2D eigenvalue weighted by Gasteiger charge is -2.14. The fraction of sp³-hybridized carbons (Fsp3) is 0.350. The van der Waals surface area contributed by atoms with E-state index in [-0.39, 0.29) is 18.4 Å². The first kappa shape index (κ1) is 18.9. The van der Waals surface area contributed by atoms with Gasteiger partial charge in [-0.1, -0.05) is 12.1 Å². The van der Waals surface area contributed by atoms with E-state index in [4.69, 9.17) is 9.47 Å². The van der Waals surface area contributed by atoms with Gasteiger partial charge in [-0.3, -0.25) is 4.79 Å². The smallest absolute Gasteiger partial charge is 0.348 e. The molecule has 1 aliphatic rings. The number of amides is 1. The molecule has 1 unspecified atom stereocenters. The highest BCUT2D eigenvalue weighted by Crippen LogP contribution is 2.41. The number of carbonyl (C=O) groups excluding carboxylic acids is 2. The summed E-state index contributed by atoms with van der Waals surface area (Å²) in [5, 5.41) is 12.7. The molecule has 0 aliphatic heterocycles. The molecule has 1 aliphatic carbocycles.